The molecule has 1 aliphatic heterocycles. The Labute approximate surface area is 188 Å². The Hall–Kier alpha value is -1.44. The Morgan fingerprint density at radius 3 is 2.23 bits per heavy atom. The molecule has 1 saturated heterocycles. The number of benzene rings is 1. The average Bonchev–Trinajstić information content (AvgIpc) is 3.22. The number of carbonyl (C=O) groups is 1. The van der Waals surface area contributed by atoms with Gasteiger partial charge in [-0.1, -0.05) is 45.7 Å². The molecule has 1 amide bonds. The topological polar surface area (TPSA) is 78.5 Å². The smallest absolute Gasteiger partial charge is 0.240 e. The van der Waals surface area contributed by atoms with Crippen LogP contribution in [-0.2, 0) is 20.2 Å². The number of piperidine rings is 1. The minimum atomic E-state index is -3.61. The van der Waals surface area contributed by atoms with Gasteiger partial charge < -0.3 is 10.2 Å². The van der Waals surface area contributed by atoms with Crippen molar-refractivity contribution in [3.8, 4) is 0 Å². The summed E-state index contributed by atoms with van der Waals surface area (Å²) in [6.45, 7) is 9.67. The van der Waals surface area contributed by atoms with Gasteiger partial charge in [0, 0.05) is 38.6 Å². The Morgan fingerprint density at radius 1 is 1.03 bits per heavy atom. The zero-order chi connectivity index (χ0) is 22.5. The summed E-state index contributed by atoms with van der Waals surface area (Å²) in [5, 5.41) is 3.08. The number of rotatable bonds is 8. The Balaban J connectivity index is 1.37. The first-order valence-corrected chi connectivity index (χ1v) is 13.2. The molecule has 0 bridgehead atoms. The maximum absolute atomic E-state index is 12.5. The summed E-state index contributed by atoms with van der Waals surface area (Å²) < 4.78 is 27.5. The molecule has 1 aliphatic carbocycles. The van der Waals surface area contributed by atoms with Gasteiger partial charge in [-0.15, -0.1) is 0 Å². The first kappa shape index (κ1) is 24.2. The zero-order valence-electron chi connectivity index (χ0n) is 19.3. The van der Waals surface area contributed by atoms with Crippen molar-refractivity contribution in [3.05, 3.63) is 29.8 Å². The van der Waals surface area contributed by atoms with Crippen LogP contribution in [0, 0.1) is 5.92 Å². The summed E-state index contributed by atoms with van der Waals surface area (Å²) in [5.74, 6) is 0.781. The molecule has 0 radical (unpaired) electrons. The number of nitrogens with one attached hydrogen (secondary N) is 2. The molecule has 1 aromatic carbocycles. The highest BCUT2D eigenvalue weighted by atomic mass is 32.2. The minimum Gasteiger partial charge on any atom is -0.353 e. The first-order valence-electron chi connectivity index (χ1n) is 11.8. The van der Waals surface area contributed by atoms with E-state index in [4.69, 9.17) is 0 Å². The number of hydrogen-bond donors (Lipinski definition) is 2. The van der Waals surface area contributed by atoms with Gasteiger partial charge in [-0.3, -0.25) is 4.79 Å². The summed E-state index contributed by atoms with van der Waals surface area (Å²) >= 11 is 0. The standard InChI is InChI=1S/C24H39N3O3S/c1-24(2,3)20-8-10-22(11-9-20)31(29,30)25-15-12-23(28)26-21-13-16-27(17-14-21)18-19-6-4-5-7-19/h8-11,19,21,25H,4-7,12-18H2,1-3H3,(H,26,28). The van der Waals surface area contributed by atoms with Gasteiger partial charge >= 0.3 is 0 Å². The van der Waals surface area contributed by atoms with Crippen LogP contribution < -0.4 is 10.0 Å². The Morgan fingerprint density at radius 2 is 1.65 bits per heavy atom. The summed E-state index contributed by atoms with van der Waals surface area (Å²) in [5.41, 5.74) is 1.06. The molecule has 0 aromatic heterocycles. The Bertz CT molecular complexity index is 817. The first-order chi connectivity index (χ1) is 14.6. The van der Waals surface area contributed by atoms with Crippen molar-refractivity contribution in [1.82, 2.24) is 14.9 Å². The molecule has 0 unspecified atom stereocenters. The van der Waals surface area contributed by atoms with Gasteiger partial charge in [0.25, 0.3) is 0 Å². The number of likely N-dealkylation sites (tertiary alicyclic amines) is 1. The third-order valence-electron chi connectivity index (χ3n) is 6.62. The largest absolute Gasteiger partial charge is 0.353 e. The van der Waals surface area contributed by atoms with Gasteiger partial charge in [0.15, 0.2) is 0 Å². The number of carbonyl (C=O) groups excluding carboxylic acids is 1. The molecule has 0 spiro atoms. The van der Waals surface area contributed by atoms with Crippen LogP contribution in [0.5, 0.6) is 0 Å². The molecule has 1 aromatic rings. The van der Waals surface area contributed by atoms with Gasteiger partial charge in [0.2, 0.25) is 15.9 Å². The minimum absolute atomic E-state index is 0.0273. The highest BCUT2D eigenvalue weighted by Crippen LogP contribution is 2.26. The predicted molar refractivity (Wildman–Crippen MR) is 125 cm³/mol. The van der Waals surface area contributed by atoms with Gasteiger partial charge in [0.05, 0.1) is 4.90 Å². The molecule has 174 valence electrons. The van der Waals surface area contributed by atoms with E-state index in [1.165, 1.54) is 32.2 Å². The van der Waals surface area contributed by atoms with E-state index in [9.17, 15) is 13.2 Å². The summed E-state index contributed by atoms with van der Waals surface area (Å²) in [6.07, 6.45) is 7.60. The SMILES string of the molecule is CC(C)(C)c1ccc(S(=O)(=O)NCCC(=O)NC2CCN(CC3CCCC3)CC2)cc1. The van der Waals surface area contributed by atoms with Gasteiger partial charge in [-0.25, -0.2) is 13.1 Å². The lowest BCUT2D eigenvalue weighted by atomic mass is 9.87. The van der Waals surface area contributed by atoms with Crippen LogP contribution in [0.1, 0.15) is 71.3 Å². The summed E-state index contributed by atoms with van der Waals surface area (Å²) in [6, 6.07) is 7.15. The fraction of sp³-hybridized carbons (Fsp3) is 0.708. The van der Waals surface area contributed by atoms with Gasteiger partial charge in [-0.2, -0.15) is 0 Å². The van der Waals surface area contributed by atoms with Crippen molar-refractivity contribution in [2.24, 2.45) is 5.92 Å². The van der Waals surface area contributed by atoms with Crippen LogP contribution in [-0.4, -0.2) is 51.4 Å². The second-order valence-electron chi connectivity index (χ2n) is 10.2. The fourth-order valence-electron chi connectivity index (χ4n) is 4.63. The van der Waals surface area contributed by atoms with Crippen LogP contribution in [0.25, 0.3) is 0 Å². The third kappa shape index (κ3) is 7.29. The van der Waals surface area contributed by atoms with Crippen LogP contribution in [0.2, 0.25) is 0 Å². The van der Waals surface area contributed by atoms with E-state index < -0.39 is 10.0 Å². The predicted octanol–water partition coefficient (Wildman–Crippen LogP) is 3.42. The van der Waals surface area contributed by atoms with Crippen LogP contribution in [0.15, 0.2) is 29.2 Å². The highest BCUT2D eigenvalue weighted by molar-refractivity contribution is 7.89. The van der Waals surface area contributed by atoms with Crippen LogP contribution >= 0.6 is 0 Å². The van der Waals surface area contributed by atoms with Gasteiger partial charge in [-0.05, 0) is 54.7 Å². The number of nitrogens with zero attached hydrogens (tertiary/aromatic N) is 1. The van der Waals surface area contributed by atoms with Gasteiger partial charge in [0.1, 0.15) is 0 Å². The molecule has 0 atom stereocenters. The molecular weight excluding hydrogens is 410 g/mol. The molecule has 2 fully saturated rings. The Kier molecular flexibility index (Phi) is 8.16. The summed E-state index contributed by atoms with van der Waals surface area (Å²) in [4.78, 5) is 15.1. The maximum Gasteiger partial charge on any atom is 0.240 e. The molecule has 2 N–H and O–H groups in total. The van der Waals surface area contributed by atoms with Crippen LogP contribution in [0.4, 0.5) is 0 Å². The number of hydrogen-bond acceptors (Lipinski definition) is 4. The highest BCUT2D eigenvalue weighted by Gasteiger charge is 2.24. The molecule has 31 heavy (non-hydrogen) atoms. The van der Waals surface area contributed by atoms with E-state index >= 15 is 0 Å². The average molecular weight is 450 g/mol. The van der Waals surface area contributed by atoms with E-state index in [0.29, 0.717) is 0 Å². The second kappa shape index (κ2) is 10.5. The molecule has 7 heteroatoms. The lowest BCUT2D eigenvalue weighted by molar-refractivity contribution is -0.121. The maximum atomic E-state index is 12.5. The van der Waals surface area contributed by atoms with E-state index in [1.807, 2.05) is 12.1 Å². The molecule has 2 aliphatic rings. The monoisotopic (exact) mass is 449 g/mol. The lowest BCUT2D eigenvalue weighted by Crippen LogP contribution is -2.46. The fourth-order valence-corrected chi connectivity index (χ4v) is 5.67. The van der Waals surface area contributed by atoms with E-state index in [0.717, 1.165) is 37.4 Å². The van der Waals surface area contributed by atoms with Crippen molar-refractivity contribution < 1.29 is 13.2 Å². The van der Waals surface area contributed by atoms with Crippen molar-refractivity contribution in [2.45, 2.75) is 82.1 Å². The zero-order valence-corrected chi connectivity index (χ0v) is 20.1. The van der Waals surface area contributed by atoms with E-state index in [1.54, 1.807) is 12.1 Å². The van der Waals surface area contributed by atoms with Crippen molar-refractivity contribution >= 4 is 15.9 Å². The number of amides is 1. The number of sulfonamides is 1. The lowest BCUT2D eigenvalue weighted by Gasteiger charge is -2.33. The molecule has 3 rings (SSSR count). The second-order valence-corrected chi connectivity index (χ2v) is 12.0. The third-order valence-corrected chi connectivity index (χ3v) is 8.10. The molecular formula is C24H39N3O3S. The normalized spacial score (nSPS) is 19.6. The van der Waals surface area contributed by atoms with Crippen LogP contribution in [0.3, 0.4) is 0 Å². The molecule has 6 nitrogen and oxygen atoms in total. The van der Waals surface area contributed by atoms with Crippen molar-refractivity contribution in [2.75, 3.05) is 26.2 Å². The van der Waals surface area contributed by atoms with E-state index in [2.05, 4.69) is 35.7 Å². The van der Waals surface area contributed by atoms with Crippen molar-refractivity contribution in [3.63, 3.8) is 0 Å². The van der Waals surface area contributed by atoms with Crippen molar-refractivity contribution in [1.29, 1.82) is 0 Å². The molecule has 1 saturated carbocycles. The summed E-state index contributed by atoms with van der Waals surface area (Å²) in [7, 11) is -3.61. The molecule has 1 heterocycles. The van der Waals surface area contributed by atoms with E-state index in [-0.39, 0.29) is 35.2 Å². The quantitative estimate of drug-likeness (QED) is 0.637.